The van der Waals surface area contributed by atoms with E-state index in [0.29, 0.717) is 4.90 Å². The molecular formula is C17H16FNO2S2. The first-order chi connectivity index (χ1) is 10.8. The third kappa shape index (κ3) is 3.43. The number of hydrogen-bond acceptors (Lipinski definition) is 4. The van der Waals surface area contributed by atoms with Gasteiger partial charge in [0.05, 0.1) is 16.0 Å². The van der Waals surface area contributed by atoms with Crippen LogP contribution in [0.25, 0.3) is 10.6 Å². The van der Waals surface area contributed by atoms with Gasteiger partial charge >= 0.3 is 0 Å². The van der Waals surface area contributed by atoms with Gasteiger partial charge in [-0.05, 0) is 42.3 Å². The van der Waals surface area contributed by atoms with E-state index in [2.05, 4.69) is 5.32 Å². The highest BCUT2D eigenvalue weighted by molar-refractivity contribution is 8.09. The summed E-state index contributed by atoms with van der Waals surface area (Å²) in [6, 6.07) is 13.2. The molecule has 1 heterocycles. The Bertz CT molecular complexity index is 856. The van der Waals surface area contributed by atoms with Crippen molar-refractivity contribution in [2.75, 3.05) is 6.26 Å². The second-order valence-electron chi connectivity index (χ2n) is 5.41. The summed E-state index contributed by atoms with van der Waals surface area (Å²) >= 11 is 1.66. The van der Waals surface area contributed by atoms with Gasteiger partial charge < -0.3 is 5.32 Å². The molecule has 0 fully saturated rings. The minimum Gasteiger partial charge on any atom is -0.372 e. The fraction of sp³-hybridized carbons (Fsp3) is 0.176. The zero-order chi connectivity index (χ0) is 16.6. The number of hydrogen-bond donors (Lipinski definition) is 1. The summed E-state index contributed by atoms with van der Waals surface area (Å²) in [7, 11) is -3.21. The lowest BCUT2D eigenvalue weighted by atomic mass is 10.1. The van der Waals surface area contributed by atoms with Crippen LogP contribution in [0.3, 0.4) is 0 Å². The van der Waals surface area contributed by atoms with Gasteiger partial charge in [-0.3, -0.25) is 0 Å². The summed E-state index contributed by atoms with van der Waals surface area (Å²) in [5, 5.41) is 3.59. The summed E-state index contributed by atoms with van der Waals surface area (Å²) in [5.41, 5.74) is 2.79. The normalized spacial score (nSPS) is 18.1. The predicted molar refractivity (Wildman–Crippen MR) is 93.0 cm³/mol. The van der Waals surface area contributed by atoms with Gasteiger partial charge in [0, 0.05) is 11.2 Å². The predicted octanol–water partition coefficient (Wildman–Crippen LogP) is 3.74. The van der Waals surface area contributed by atoms with Crippen LogP contribution < -0.4 is 5.32 Å². The molecule has 23 heavy (non-hydrogen) atoms. The van der Waals surface area contributed by atoms with Gasteiger partial charge in [0.25, 0.3) is 0 Å². The molecule has 0 bridgehead atoms. The quantitative estimate of drug-likeness (QED) is 0.917. The average molecular weight is 349 g/mol. The molecule has 1 N–H and O–H groups in total. The summed E-state index contributed by atoms with van der Waals surface area (Å²) in [5.74, 6) is -0.266. The first-order valence-corrected chi connectivity index (χ1v) is 9.85. The lowest BCUT2D eigenvalue weighted by Crippen LogP contribution is -2.15. The fourth-order valence-corrected chi connectivity index (χ4v) is 4.16. The molecule has 0 aromatic heterocycles. The van der Waals surface area contributed by atoms with Crippen molar-refractivity contribution in [3.8, 4) is 0 Å². The van der Waals surface area contributed by atoms with Crippen molar-refractivity contribution in [2.24, 2.45) is 0 Å². The lowest BCUT2D eigenvalue weighted by Gasteiger charge is -2.09. The number of nitrogens with one attached hydrogen (secondary N) is 1. The van der Waals surface area contributed by atoms with Crippen LogP contribution in [-0.2, 0) is 9.84 Å². The van der Waals surface area contributed by atoms with Crippen LogP contribution in [0.2, 0.25) is 0 Å². The molecule has 2 aromatic carbocycles. The highest BCUT2D eigenvalue weighted by atomic mass is 32.2. The molecule has 1 atom stereocenters. The van der Waals surface area contributed by atoms with Gasteiger partial charge in [-0.2, -0.15) is 0 Å². The zero-order valence-electron chi connectivity index (χ0n) is 12.7. The monoisotopic (exact) mass is 349 g/mol. The number of halogens is 1. The maximum atomic E-state index is 13.1. The van der Waals surface area contributed by atoms with E-state index < -0.39 is 9.84 Å². The molecular weight excluding hydrogens is 333 g/mol. The van der Waals surface area contributed by atoms with Gasteiger partial charge in [-0.25, -0.2) is 12.8 Å². The van der Waals surface area contributed by atoms with Gasteiger partial charge in [-0.15, -0.1) is 0 Å². The molecule has 0 saturated heterocycles. The van der Waals surface area contributed by atoms with Crippen LogP contribution >= 0.6 is 11.8 Å². The fourth-order valence-electron chi connectivity index (χ4n) is 2.43. The number of thioether (sulfide) groups is 1. The molecule has 3 nitrogen and oxygen atoms in total. The number of benzene rings is 2. The van der Waals surface area contributed by atoms with Crippen molar-refractivity contribution in [1.29, 1.82) is 0 Å². The Labute approximate surface area is 139 Å². The standard InChI is InChI=1S/C17H16FNO2S2/c1-11-19-16(12-5-9-15(10-6-12)23(2,20)21)17(22-11)13-3-7-14(18)8-4-13/h3-11,19H,1-2H3. The first kappa shape index (κ1) is 16.1. The SMILES string of the molecule is CC1NC(c2ccc(S(C)(=O)=O)cc2)=C(c2ccc(F)cc2)S1. The Balaban J connectivity index is 2.04. The Morgan fingerprint density at radius 1 is 1.00 bits per heavy atom. The third-order valence-electron chi connectivity index (χ3n) is 3.55. The summed E-state index contributed by atoms with van der Waals surface area (Å²) < 4.78 is 36.3. The summed E-state index contributed by atoms with van der Waals surface area (Å²) in [6.45, 7) is 2.05. The Kier molecular flexibility index (Phi) is 4.21. The molecule has 1 aliphatic rings. The van der Waals surface area contributed by atoms with Gasteiger partial charge in [0.2, 0.25) is 0 Å². The van der Waals surface area contributed by atoms with Crippen molar-refractivity contribution < 1.29 is 12.8 Å². The summed E-state index contributed by atoms with van der Waals surface area (Å²) in [6.07, 6.45) is 1.19. The Hall–Kier alpha value is -1.79. The molecule has 0 amide bonds. The molecule has 0 radical (unpaired) electrons. The molecule has 120 valence electrons. The van der Waals surface area contributed by atoms with Crippen LogP contribution in [0, 0.1) is 5.82 Å². The maximum absolute atomic E-state index is 13.1. The molecule has 0 saturated carbocycles. The highest BCUT2D eigenvalue weighted by Crippen LogP contribution is 2.42. The van der Waals surface area contributed by atoms with Crippen LogP contribution in [-0.4, -0.2) is 20.0 Å². The summed E-state index contributed by atoms with van der Waals surface area (Å²) in [4.78, 5) is 1.33. The largest absolute Gasteiger partial charge is 0.372 e. The molecule has 0 aliphatic carbocycles. The van der Waals surface area contributed by atoms with Crippen molar-refractivity contribution in [3.05, 3.63) is 65.5 Å². The Morgan fingerprint density at radius 2 is 1.57 bits per heavy atom. The number of rotatable bonds is 3. The number of sulfone groups is 1. The van der Waals surface area contributed by atoms with Crippen LogP contribution in [0.5, 0.6) is 0 Å². The molecule has 6 heteroatoms. The van der Waals surface area contributed by atoms with Crippen LogP contribution in [0.15, 0.2) is 53.4 Å². The van der Waals surface area contributed by atoms with E-state index in [-0.39, 0.29) is 11.2 Å². The molecule has 1 unspecified atom stereocenters. The van der Waals surface area contributed by atoms with Gasteiger partial charge in [0.1, 0.15) is 5.82 Å². The third-order valence-corrected chi connectivity index (χ3v) is 5.82. The first-order valence-electron chi connectivity index (χ1n) is 7.08. The van der Waals surface area contributed by atoms with E-state index in [1.54, 1.807) is 48.2 Å². The molecule has 1 aliphatic heterocycles. The smallest absolute Gasteiger partial charge is 0.175 e. The van der Waals surface area contributed by atoms with Crippen molar-refractivity contribution in [2.45, 2.75) is 17.2 Å². The van der Waals surface area contributed by atoms with E-state index in [9.17, 15) is 12.8 Å². The zero-order valence-corrected chi connectivity index (χ0v) is 14.3. The molecule has 3 rings (SSSR count). The second kappa shape index (κ2) is 6.02. The van der Waals surface area contributed by atoms with Crippen LogP contribution in [0.4, 0.5) is 4.39 Å². The minimum atomic E-state index is -3.21. The molecule has 0 spiro atoms. The molecule has 2 aromatic rings. The van der Waals surface area contributed by atoms with Crippen molar-refractivity contribution in [3.63, 3.8) is 0 Å². The minimum absolute atomic E-state index is 0.194. The van der Waals surface area contributed by atoms with E-state index in [1.165, 1.54) is 18.4 Å². The highest BCUT2D eigenvalue weighted by Gasteiger charge is 2.23. The van der Waals surface area contributed by atoms with Gasteiger partial charge in [-0.1, -0.05) is 36.0 Å². The van der Waals surface area contributed by atoms with E-state index >= 15 is 0 Å². The van der Waals surface area contributed by atoms with Crippen molar-refractivity contribution >= 4 is 32.2 Å². The van der Waals surface area contributed by atoms with E-state index in [4.69, 9.17) is 0 Å². The maximum Gasteiger partial charge on any atom is 0.175 e. The average Bonchev–Trinajstić information content (AvgIpc) is 2.89. The van der Waals surface area contributed by atoms with Crippen LogP contribution in [0.1, 0.15) is 18.1 Å². The van der Waals surface area contributed by atoms with Crippen molar-refractivity contribution in [1.82, 2.24) is 5.32 Å². The van der Waals surface area contributed by atoms with E-state index in [0.717, 1.165) is 21.7 Å². The topological polar surface area (TPSA) is 46.2 Å². The van der Waals surface area contributed by atoms with E-state index in [1.807, 2.05) is 6.92 Å². The second-order valence-corrected chi connectivity index (χ2v) is 8.78. The Morgan fingerprint density at radius 3 is 2.13 bits per heavy atom. The lowest BCUT2D eigenvalue weighted by molar-refractivity contribution is 0.602. The van der Waals surface area contributed by atoms with Gasteiger partial charge in [0.15, 0.2) is 9.84 Å².